The van der Waals surface area contributed by atoms with Gasteiger partial charge in [-0.25, -0.2) is 9.78 Å². The number of amides is 1. The van der Waals surface area contributed by atoms with Gasteiger partial charge in [0.1, 0.15) is 5.82 Å². The average molecular weight is 654 g/mol. The Kier molecular flexibility index (Phi) is 10.4. The molecule has 0 bridgehead atoms. The fraction of sp³-hybridized carbons (Fsp3) is 0.429. The van der Waals surface area contributed by atoms with Crippen molar-refractivity contribution < 1.29 is 54.2 Å². The Balaban J connectivity index is 0.000000707. The van der Waals surface area contributed by atoms with Crippen molar-refractivity contribution in [1.29, 1.82) is 0 Å². The molecule has 0 atom stereocenters. The maximum absolute atomic E-state index is 13.1. The van der Waals surface area contributed by atoms with Crippen LogP contribution in [-0.4, -0.2) is 59.3 Å². The summed E-state index contributed by atoms with van der Waals surface area (Å²) in [7, 11) is 3.79. The standard InChI is InChI=1S/C26H27F6N5O.C2HF3O2/c1-14-4-9-21-20(10-14)22(37(2)3)36-24(35-21)34-19-7-5-18(6-8-19)33-23(38)15-11-16(25(27,28)29)13-17(12-15)26(30,31)32;3-2(4,5)1(6)7/h4,9-13,18-19H,5-8H2,1-3H3,(H,33,38)(H,34,35,36);(H,6,7)/t18-,19+;. The lowest BCUT2D eigenvalue weighted by Gasteiger charge is -2.30. The van der Waals surface area contributed by atoms with Crippen molar-refractivity contribution in [3.8, 4) is 0 Å². The zero-order chi connectivity index (χ0) is 33.9. The van der Waals surface area contributed by atoms with Crippen LogP contribution in [0.2, 0.25) is 0 Å². The highest BCUT2D eigenvalue weighted by Crippen LogP contribution is 2.36. The Morgan fingerprint density at radius 1 is 0.822 bits per heavy atom. The zero-order valence-electron chi connectivity index (χ0n) is 24.0. The first-order valence-corrected chi connectivity index (χ1v) is 13.3. The van der Waals surface area contributed by atoms with Gasteiger partial charge in [0, 0.05) is 37.1 Å². The first-order chi connectivity index (χ1) is 20.6. The number of nitrogens with zero attached hydrogens (tertiary/aromatic N) is 3. The predicted octanol–water partition coefficient (Wildman–Crippen LogP) is 6.83. The van der Waals surface area contributed by atoms with E-state index in [4.69, 9.17) is 9.90 Å². The second kappa shape index (κ2) is 13.4. The van der Waals surface area contributed by atoms with Crippen molar-refractivity contribution in [2.75, 3.05) is 24.3 Å². The first-order valence-electron chi connectivity index (χ1n) is 13.3. The van der Waals surface area contributed by atoms with Crippen LogP contribution in [0.1, 0.15) is 52.7 Å². The quantitative estimate of drug-likeness (QED) is 0.259. The normalized spacial score (nSPS) is 17.2. The third-order valence-electron chi connectivity index (χ3n) is 6.74. The fourth-order valence-corrected chi connectivity index (χ4v) is 4.55. The van der Waals surface area contributed by atoms with E-state index in [0.29, 0.717) is 43.8 Å². The van der Waals surface area contributed by atoms with Gasteiger partial charge in [-0.05, 0) is 62.9 Å². The third kappa shape index (κ3) is 9.59. The van der Waals surface area contributed by atoms with Gasteiger partial charge in [0.05, 0.1) is 16.6 Å². The molecule has 0 unspecified atom stereocenters. The van der Waals surface area contributed by atoms with E-state index in [1.165, 1.54) is 0 Å². The number of halogens is 9. The van der Waals surface area contributed by atoms with Crippen LogP contribution in [0.25, 0.3) is 10.9 Å². The number of aromatic nitrogens is 2. The minimum Gasteiger partial charge on any atom is -0.475 e. The smallest absolute Gasteiger partial charge is 0.475 e. The van der Waals surface area contributed by atoms with Gasteiger partial charge in [-0.1, -0.05) is 11.6 Å². The van der Waals surface area contributed by atoms with E-state index >= 15 is 0 Å². The van der Waals surface area contributed by atoms with Crippen LogP contribution in [0, 0.1) is 6.92 Å². The molecule has 246 valence electrons. The highest BCUT2D eigenvalue weighted by Gasteiger charge is 2.39. The number of carbonyl (C=O) groups excluding carboxylic acids is 1. The van der Waals surface area contributed by atoms with Gasteiger partial charge in [0.2, 0.25) is 5.95 Å². The summed E-state index contributed by atoms with van der Waals surface area (Å²) in [4.78, 5) is 32.7. The second-order valence-corrected chi connectivity index (χ2v) is 10.5. The van der Waals surface area contributed by atoms with E-state index in [1.54, 1.807) is 0 Å². The van der Waals surface area contributed by atoms with Crippen molar-refractivity contribution in [2.24, 2.45) is 0 Å². The second-order valence-electron chi connectivity index (χ2n) is 10.5. The van der Waals surface area contributed by atoms with Gasteiger partial charge in [0.25, 0.3) is 5.91 Å². The SMILES string of the molecule is Cc1ccc2nc(N[C@H]3CC[C@@H](NC(=O)c4cc(C(F)(F)F)cc(C(F)(F)F)c4)CC3)nc(N(C)C)c2c1.O=C(O)C(F)(F)F. The number of carboxylic acid groups (broad SMARTS) is 1. The van der Waals surface area contributed by atoms with Crippen LogP contribution in [0.15, 0.2) is 36.4 Å². The Morgan fingerprint density at radius 2 is 1.33 bits per heavy atom. The number of alkyl halides is 9. The van der Waals surface area contributed by atoms with Crippen LogP contribution in [0.3, 0.4) is 0 Å². The van der Waals surface area contributed by atoms with Gasteiger partial charge < -0.3 is 20.6 Å². The number of carbonyl (C=O) groups is 2. The topological polar surface area (TPSA) is 107 Å². The van der Waals surface area contributed by atoms with Gasteiger partial charge in [0.15, 0.2) is 0 Å². The van der Waals surface area contributed by atoms with Gasteiger partial charge >= 0.3 is 24.5 Å². The molecule has 1 saturated carbocycles. The number of carboxylic acids is 1. The highest BCUT2D eigenvalue weighted by atomic mass is 19.4. The Morgan fingerprint density at radius 3 is 1.80 bits per heavy atom. The summed E-state index contributed by atoms with van der Waals surface area (Å²) in [6.45, 7) is 1.99. The van der Waals surface area contributed by atoms with Crippen molar-refractivity contribution in [1.82, 2.24) is 15.3 Å². The lowest BCUT2D eigenvalue weighted by molar-refractivity contribution is -0.192. The van der Waals surface area contributed by atoms with Crippen LogP contribution < -0.4 is 15.5 Å². The molecule has 3 aromatic rings. The predicted molar refractivity (Wildman–Crippen MR) is 146 cm³/mol. The summed E-state index contributed by atoms with van der Waals surface area (Å²) in [6, 6.07) is 6.41. The molecule has 45 heavy (non-hydrogen) atoms. The van der Waals surface area contributed by atoms with Crippen LogP contribution >= 0.6 is 0 Å². The lowest BCUT2D eigenvalue weighted by Crippen LogP contribution is -2.40. The Labute approximate surface area is 250 Å². The molecule has 4 rings (SSSR count). The highest BCUT2D eigenvalue weighted by molar-refractivity contribution is 5.95. The molecule has 8 nitrogen and oxygen atoms in total. The van der Waals surface area contributed by atoms with Gasteiger partial charge in [-0.2, -0.15) is 44.5 Å². The van der Waals surface area contributed by atoms with Crippen LogP contribution in [0.4, 0.5) is 51.3 Å². The third-order valence-corrected chi connectivity index (χ3v) is 6.74. The van der Waals surface area contributed by atoms with Crippen molar-refractivity contribution in [3.63, 3.8) is 0 Å². The van der Waals surface area contributed by atoms with E-state index < -0.39 is 47.1 Å². The molecule has 17 heteroatoms. The number of fused-ring (bicyclic) bond motifs is 1. The number of benzene rings is 2. The van der Waals surface area contributed by atoms with Crippen molar-refractivity contribution in [2.45, 2.75) is 63.2 Å². The number of aryl methyl sites for hydroxylation is 1. The zero-order valence-corrected chi connectivity index (χ0v) is 24.0. The molecule has 1 fully saturated rings. The van der Waals surface area contributed by atoms with E-state index in [0.717, 1.165) is 22.3 Å². The van der Waals surface area contributed by atoms with Crippen molar-refractivity contribution in [3.05, 3.63) is 58.7 Å². The maximum atomic E-state index is 13.1. The van der Waals surface area contributed by atoms with Gasteiger partial charge in [-0.15, -0.1) is 0 Å². The molecule has 1 heterocycles. The number of nitrogens with one attached hydrogen (secondary N) is 2. The molecular formula is C28H28F9N5O3. The van der Waals surface area contributed by atoms with Crippen LogP contribution in [0.5, 0.6) is 0 Å². The monoisotopic (exact) mass is 653 g/mol. The molecule has 0 aliphatic heterocycles. The van der Waals surface area contributed by atoms with Crippen molar-refractivity contribution >= 4 is 34.5 Å². The molecule has 1 aromatic heterocycles. The van der Waals surface area contributed by atoms with Crippen LogP contribution in [-0.2, 0) is 17.1 Å². The number of rotatable bonds is 5. The molecule has 0 radical (unpaired) electrons. The molecule has 1 amide bonds. The minimum atomic E-state index is -5.08. The lowest BCUT2D eigenvalue weighted by atomic mass is 9.91. The summed E-state index contributed by atoms with van der Waals surface area (Å²) >= 11 is 0. The average Bonchev–Trinajstić information content (AvgIpc) is 2.92. The molecule has 1 aliphatic rings. The maximum Gasteiger partial charge on any atom is 0.490 e. The summed E-state index contributed by atoms with van der Waals surface area (Å²) in [6.07, 6.45) is -12.9. The van der Waals surface area contributed by atoms with Gasteiger partial charge in [-0.3, -0.25) is 4.79 Å². The Hall–Kier alpha value is -4.31. The van der Waals surface area contributed by atoms with E-state index in [-0.39, 0.29) is 18.2 Å². The Bertz CT molecular complexity index is 1500. The minimum absolute atomic E-state index is 0.00535. The first kappa shape index (κ1) is 35.2. The molecule has 0 spiro atoms. The number of hydrogen-bond donors (Lipinski definition) is 3. The summed E-state index contributed by atoms with van der Waals surface area (Å²) < 4.78 is 111. The number of hydrogen-bond acceptors (Lipinski definition) is 6. The molecule has 2 aromatic carbocycles. The fourth-order valence-electron chi connectivity index (χ4n) is 4.55. The summed E-state index contributed by atoms with van der Waals surface area (Å²) in [5.41, 5.74) is -1.84. The van der Waals surface area contributed by atoms with E-state index in [1.807, 2.05) is 44.1 Å². The molecule has 1 aliphatic carbocycles. The molecule has 3 N–H and O–H groups in total. The summed E-state index contributed by atoms with van der Waals surface area (Å²) in [5.74, 6) is -2.50. The molecule has 0 saturated heterocycles. The number of anilines is 2. The largest absolute Gasteiger partial charge is 0.490 e. The summed E-state index contributed by atoms with van der Waals surface area (Å²) in [5, 5.41) is 14.0. The number of aliphatic carboxylic acids is 1. The van der Waals surface area contributed by atoms with E-state index in [2.05, 4.69) is 20.6 Å². The van der Waals surface area contributed by atoms with E-state index in [9.17, 15) is 44.3 Å². The molecular weight excluding hydrogens is 625 g/mol.